The van der Waals surface area contributed by atoms with E-state index < -0.39 is 11.9 Å². The van der Waals surface area contributed by atoms with Crippen LogP contribution in [-0.4, -0.2) is 51.2 Å². The molecule has 11 heteroatoms. The summed E-state index contributed by atoms with van der Waals surface area (Å²) in [5.74, 6) is 0.215. The van der Waals surface area contributed by atoms with Crippen LogP contribution in [-0.2, 0) is 0 Å². The number of fused-ring (bicyclic) bond motifs is 2. The Kier molecular flexibility index (Phi) is 5.14. The lowest BCUT2D eigenvalue weighted by molar-refractivity contribution is 0.0700. The first-order chi connectivity index (χ1) is 17.0. The fraction of sp³-hybridized carbons (Fsp3) is 0.250. The van der Waals surface area contributed by atoms with Gasteiger partial charge in [0.1, 0.15) is 11.5 Å². The number of nitrogen functional groups attached to an aromatic ring is 1. The Bertz CT molecular complexity index is 1450. The van der Waals surface area contributed by atoms with Crippen molar-refractivity contribution < 1.29 is 18.7 Å². The largest absolute Gasteiger partial charge is 0.414 e. The minimum absolute atomic E-state index is 0.194. The van der Waals surface area contributed by atoms with Gasteiger partial charge in [-0.1, -0.05) is 35.6 Å². The van der Waals surface area contributed by atoms with Gasteiger partial charge in [0.05, 0.1) is 21.8 Å². The molecular formula is C24H21FN6O3S. The molecule has 1 saturated carbocycles. The monoisotopic (exact) mass is 492 g/mol. The lowest BCUT2D eigenvalue weighted by atomic mass is 10.1. The van der Waals surface area contributed by atoms with E-state index in [9.17, 15) is 14.0 Å². The number of aromatic nitrogens is 3. The molecule has 0 spiro atoms. The van der Waals surface area contributed by atoms with E-state index in [1.807, 2.05) is 24.3 Å². The lowest BCUT2D eigenvalue weighted by Gasteiger charge is -2.27. The lowest BCUT2D eigenvalue weighted by Crippen LogP contribution is -2.46. The highest BCUT2D eigenvalue weighted by atomic mass is 32.1. The number of carbonyl (C=O) groups excluding carboxylic acids is 2. The number of hydrogen-bond acceptors (Lipinski definition) is 7. The van der Waals surface area contributed by atoms with Gasteiger partial charge in [-0.3, -0.25) is 9.89 Å². The third-order valence-corrected chi connectivity index (χ3v) is 7.51. The van der Waals surface area contributed by atoms with E-state index in [2.05, 4.69) is 20.5 Å². The number of likely N-dealkylation sites (tertiary alicyclic amines) is 1. The van der Waals surface area contributed by atoms with Crippen molar-refractivity contribution in [3.63, 3.8) is 0 Å². The quantitative estimate of drug-likeness (QED) is 0.390. The Morgan fingerprint density at radius 2 is 2.11 bits per heavy atom. The summed E-state index contributed by atoms with van der Waals surface area (Å²) in [5.41, 5.74) is 7.45. The molecule has 3 atom stereocenters. The first kappa shape index (κ1) is 21.5. The van der Waals surface area contributed by atoms with Gasteiger partial charge in [-0.05, 0) is 48.1 Å². The van der Waals surface area contributed by atoms with E-state index in [-0.39, 0.29) is 35.2 Å². The number of nitrogens with two attached hydrogens (primary N) is 1. The number of nitrogens with one attached hydrogen (secondary N) is 2. The van der Waals surface area contributed by atoms with E-state index in [1.54, 1.807) is 17.0 Å². The van der Waals surface area contributed by atoms with E-state index in [1.165, 1.54) is 12.1 Å². The van der Waals surface area contributed by atoms with Crippen molar-refractivity contribution in [3.8, 4) is 16.3 Å². The third-order valence-electron chi connectivity index (χ3n) is 6.58. The summed E-state index contributed by atoms with van der Waals surface area (Å²) < 4.78 is 19.2. The molecule has 2 aromatic carbocycles. The molecular weight excluding hydrogens is 471 g/mol. The highest BCUT2D eigenvalue weighted by Gasteiger charge is 2.54. The minimum Gasteiger partial charge on any atom is -0.389 e. The van der Waals surface area contributed by atoms with Crippen molar-refractivity contribution in [1.82, 2.24) is 25.4 Å². The molecule has 2 aliphatic rings. The highest BCUT2D eigenvalue weighted by Crippen LogP contribution is 2.50. The van der Waals surface area contributed by atoms with Gasteiger partial charge >= 0.3 is 6.09 Å². The van der Waals surface area contributed by atoms with Crippen molar-refractivity contribution in [3.05, 3.63) is 60.0 Å². The summed E-state index contributed by atoms with van der Waals surface area (Å²) in [6, 6.07) is 13.2. The zero-order valence-corrected chi connectivity index (χ0v) is 19.2. The standard InChI is InChI=1S/C24H21FN6O3S/c25-14-5-3-4-12(8-14)20-19(28-23(26)35-20)22(32)31-11-13-9-16(13)18(31)10-27-24(33)34-21-15-6-1-2-7-17(15)29-30-21/h1-8,13,16,18H,9-11H2,(H2,26,28)(H,27,33)(H,29,30)/t13-,16-,18+/m0/s1. The van der Waals surface area contributed by atoms with Gasteiger partial charge in [-0.15, -0.1) is 5.10 Å². The molecule has 2 amide bonds. The fourth-order valence-corrected chi connectivity index (χ4v) is 5.66. The SMILES string of the molecule is Nc1nc(C(=O)N2C[C@@H]3C[C@@H]3[C@H]2CNC(=O)Oc2n[nH]c3ccccc23)c(-c2cccc(F)c2)s1. The molecule has 0 radical (unpaired) electrons. The minimum atomic E-state index is -0.642. The molecule has 0 unspecified atom stereocenters. The van der Waals surface area contributed by atoms with Crippen LogP contribution in [0, 0.1) is 17.7 Å². The molecule has 4 aromatic rings. The van der Waals surface area contributed by atoms with Crippen LogP contribution in [0.25, 0.3) is 21.3 Å². The number of ether oxygens (including phenoxy) is 1. The van der Waals surface area contributed by atoms with Gasteiger partial charge in [0, 0.05) is 13.1 Å². The molecule has 3 heterocycles. The number of piperidine rings is 1. The van der Waals surface area contributed by atoms with Crippen LogP contribution in [0.3, 0.4) is 0 Å². The van der Waals surface area contributed by atoms with Crippen LogP contribution in [0.2, 0.25) is 0 Å². The normalized spacial score (nSPS) is 20.6. The number of H-pyrrole nitrogens is 1. The average molecular weight is 493 g/mol. The number of para-hydroxylation sites is 1. The number of aromatic amines is 1. The van der Waals surface area contributed by atoms with Crippen LogP contribution < -0.4 is 15.8 Å². The maximum absolute atomic E-state index is 13.8. The second-order valence-electron chi connectivity index (χ2n) is 8.77. The zero-order valence-electron chi connectivity index (χ0n) is 18.4. The number of thiazole rings is 1. The maximum atomic E-state index is 13.8. The van der Waals surface area contributed by atoms with Crippen molar-refractivity contribution in [2.75, 3.05) is 18.8 Å². The smallest absolute Gasteiger partial charge is 0.389 e. The van der Waals surface area contributed by atoms with E-state index in [4.69, 9.17) is 10.5 Å². The number of halogens is 1. The Labute approximate surface area is 203 Å². The molecule has 2 aromatic heterocycles. The first-order valence-corrected chi connectivity index (χ1v) is 12.0. The summed E-state index contributed by atoms with van der Waals surface area (Å²) in [7, 11) is 0. The number of rotatable bonds is 5. The summed E-state index contributed by atoms with van der Waals surface area (Å²) in [5, 5.41) is 10.6. The summed E-state index contributed by atoms with van der Waals surface area (Å²) in [6.07, 6.45) is 0.364. The molecule has 1 aliphatic heterocycles. The molecule has 0 bridgehead atoms. The van der Waals surface area contributed by atoms with Crippen LogP contribution >= 0.6 is 11.3 Å². The van der Waals surface area contributed by atoms with E-state index in [0.29, 0.717) is 34.2 Å². The topological polar surface area (TPSA) is 126 Å². The number of carbonyl (C=O) groups is 2. The van der Waals surface area contributed by atoms with Gasteiger partial charge in [0.2, 0.25) is 0 Å². The van der Waals surface area contributed by atoms with Crippen LogP contribution in [0.15, 0.2) is 48.5 Å². The predicted octanol–water partition coefficient (Wildman–Crippen LogP) is 3.66. The zero-order chi connectivity index (χ0) is 24.1. The van der Waals surface area contributed by atoms with Crippen molar-refractivity contribution in [2.45, 2.75) is 12.5 Å². The Morgan fingerprint density at radius 3 is 2.97 bits per heavy atom. The molecule has 4 N–H and O–H groups in total. The maximum Gasteiger partial charge on any atom is 0.414 e. The second-order valence-corrected chi connectivity index (χ2v) is 9.80. The average Bonchev–Trinajstić information content (AvgIpc) is 3.16. The second kappa shape index (κ2) is 8.35. The van der Waals surface area contributed by atoms with Gasteiger partial charge in [0.25, 0.3) is 11.8 Å². The summed E-state index contributed by atoms with van der Waals surface area (Å²) >= 11 is 1.15. The van der Waals surface area contributed by atoms with Crippen LogP contribution in [0.5, 0.6) is 5.88 Å². The molecule has 9 nitrogen and oxygen atoms in total. The van der Waals surface area contributed by atoms with Crippen molar-refractivity contribution >= 4 is 39.4 Å². The number of amides is 2. The third kappa shape index (κ3) is 3.97. The van der Waals surface area contributed by atoms with Gasteiger partial charge in [-0.2, -0.15) is 0 Å². The van der Waals surface area contributed by atoms with E-state index in [0.717, 1.165) is 23.3 Å². The molecule has 2 fully saturated rings. The summed E-state index contributed by atoms with van der Waals surface area (Å²) in [4.78, 5) is 32.6. The molecule has 178 valence electrons. The number of anilines is 1. The molecule has 1 aliphatic carbocycles. The highest BCUT2D eigenvalue weighted by molar-refractivity contribution is 7.19. The summed E-state index contributed by atoms with van der Waals surface area (Å²) in [6.45, 7) is 0.817. The fourth-order valence-electron chi connectivity index (χ4n) is 4.84. The number of hydrogen-bond donors (Lipinski definition) is 3. The van der Waals surface area contributed by atoms with Gasteiger partial charge < -0.3 is 20.7 Å². The van der Waals surface area contributed by atoms with Crippen molar-refractivity contribution in [1.29, 1.82) is 0 Å². The molecule has 6 rings (SSSR count). The predicted molar refractivity (Wildman–Crippen MR) is 128 cm³/mol. The van der Waals surface area contributed by atoms with Gasteiger partial charge in [0.15, 0.2) is 5.13 Å². The molecule has 1 saturated heterocycles. The Hall–Kier alpha value is -3.99. The van der Waals surface area contributed by atoms with E-state index >= 15 is 0 Å². The van der Waals surface area contributed by atoms with Crippen LogP contribution in [0.1, 0.15) is 16.9 Å². The van der Waals surface area contributed by atoms with Gasteiger partial charge in [-0.25, -0.2) is 14.2 Å². The van der Waals surface area contributed by atoms with Crippen molar-refractivity contribution in [2.24, 2.45) is 11.8 Å². The number of benzene rings is 2. The Morgan fingerprint density at radius 1 is 1.26 bits per heavy atom. The molecule has 35 heavy (non-hydrogen) atoms. The first-order valence-electron chi connectivity index (χ1n) is 11.2. The number of nitrogens with zero attached hydrogens (tertiary/aromatic N) is 3. The van der Waals surface area contributed by atoms with Crippen LogP contribution in [0.4, 0.5) is 14.3 Å². The Balaban J connectivity index is 1.17.